The monoisotopic (exact) mass is 548 g/mol. The van der Waals surface area contributed by atoms with E-state index in [1.54, 1.807) is 11.3 Å². The van der Waals surface area contributed by atoms with Crippen molar-refractivity contribution in [3.63, 3.8) is 0 Å². The Balaban J connectivity index is 0.00000420. The van der Waals surface area contributed by atoms with Crippen LogP contribution in [0.5, 0.6) is 0 Å². The molecule has 1 fully saturated rings. The van der Waals surface area contributed by atoms with Crippen molar-refractivity contribution < 1.29 is 17.9 Å². The average Bonchev–Trinajstić information content (AvgIpc) is 3.15. The lowest BCUT2D eigenvalue weighted by molar-refractivity contribution is -0.173. The Bertz CT molecular complexity index is 587. The number of hydrogen-bond donors (Lipinski definition) is 2. The second kappa shape index (κ2) is 13.7. The molecule has 2 rings (SSSR count). The van der Waals surface area contributed by atoms with Crippen molar-refractivity contribution in [3.8, 4) is 0 Å². The van der Waals surface area contributed by atoms with Gasteiger partial charge in [0.25, 0.3) is 0 Å². The van der Waals surface area contributed by atoms with Gasteiger partial charge in [-0.25, -0.2) is 0 Å². The number of alkyl halides is 3. The quantitative estimate of drug-likeness (QED) is 0.210. The van der Waals surface area contributed by atoms with Crippen LogP contribution in [0, 0.1) is 5.92 Å². The molecule has 0 radical (unpaired) electrons. The van der Waals surface area contributed by atoms with Crippen molar-refractivity contribution in [1.29, 1.82) is 0 Å². The van der Waals surface area contributed by atoms with Gasteiger partial charge in [0.1, 0.15) is 6.61 Å². The maximum absolute atomic E-state index is 12.1. The molecule has 2 atom stereocenters. The van der Waals surface area contributed by atoms with Crippen LogP contribution in [0.4, 0.5) is 13.2 Å². The van der Waals surface area contributed by atoms with E-state index in [1.807, 2.05) is 6.92 Å². The van der Waals surface area contributed by atoms with Gasteiger partial charge in [0.15, 0.2) is 5.96 Å². The first-order chi connectivity index (χ1) is 13.4. The SMILES string of the molecule is CCNC(=NCC1CCCN(C)C1c1cccs1)NCCCOCC(F)(F)F.I. The molecule has 1 aromatic rings. The minimum Gasteiger partial charge on any atom is -0.372 e. The summed E-state index contributed by atoms with van der Waals surface area (Å²) in [5.74, 6) is 1.15. The van der Waals surface area contributed by atoms with Crippen molar-refractivity contribution in [2.45, 2.75) is 38.4 Å². The Morgan fingerprint density at radius 1 is 1.38 bits per heavy atom. The fourth-order valence-electron chi connectivity index (χ4n) is 3.48. The highest BCUT2D eigenvalue weighted by Crippen LogP contribution is 2.37. The van der Waals surface area contributed by atoms with Gasteiger partial charge in [-0.2, -0.15) is 13.2 Å². The second-order valence-electron chi connectivity index (χ2n) is 7.01. The van der Waals surface area contributed by atoms with Crippen LogP contribution in [0.15, 0.2) is 22.5 Å². The molecule has 2 heterocycles. The molecule has 0 aliphatic carbocycles. The summed E-state index contributed by atoms with van der Waals surface area (Å²) in [5, 5.41) is 8.51. The number of aliphatic imine (C=N–C) groups is 1. The minimum atomic E-state index is -4.27. The van der Waals surface area contributed by atoms with Gasteiger partial charge in [-0.15, -0.1) is 35.3 Å². The predicted molar refractivity (Wildman–Crippen MR) is 123 cm³/mol. The molecule has 0 aromatic carbocycles. The number of thiophene rings is 1. The number of piperidine rings is 1. The van der Waals surface area contributed by atoms with Gasteiger partial charge in [0.05, 0.1) is 0 Å². The Hall–Kier alpha value is -0.590. The fourth-order valence-corrected chi connectivity index (χ4v) is 4.46. The summed E-state index contributed by atoms with van der Waals surface area (Å²) < 4.78 is 40.8. The minimum absolute atomic E-state index is 0. The molecule has 168 valence electrons. The summed E-state index contributed by atoms with van der Waals surface area (Å²) in [7, 11) is 2.17. The third-order valence-electron chi connectivity index (χ3n) is 4.69. The number of ether oxygens (including phenoxy) is 1. The molecule has 1 aliphatic heterocycles. The van der Waals surface area contributed by atoms with E-state index < -0.39 is 12.8 Å². The Labute approximate surface area is 192 Å². The van der Waals surface area contributed by atoms with Crippen LogP contribution >= 0.6 is 35.3 Å². The summed E-state index contributed by atoms with van der Waals surface area (Å²) in [6.45, 7) is 3.93. The van der Waals surface area contributed by atoms with Crippen LogP contribution in [0.25, 0.3) is 0 Å². The zero-order valence-corrected chi connectivity index (χ0v) is 20.2. The number of guanidine groups is 1. The lowest BCUT2D eigenvalue weighted by Crippen LogP contribution is -2.40. The zero-order chi connectivity index (χ0) is 20.4. The highest BCUT2D eigenvalue weighted by Gasteiger charge is 2.31. The predicted octanol–water partition coefficient (Wildman–Crippen LogP) is 4.27. The highest BCUT2D eigenvalue weighted by molar-refractivity contribution is 14.0. The molecule has 5 nitrogen and oxygen atoms in total. The van der Waals surface area contributed by atoms with E-state index in [9.17, 15) is 13.2 Å². The summed E-state index contributed by atoms with van der Waals surface area (Å²) >= 11 is 1.79. The normalized spacial score (nSPS) is 20.9. The molecule has 0 saturated carbocycles. The van der Waals surface area contributed by atoms with E-state index in [0.717, 1.165) is 19.5 Å². The van der Waals surface area contributed by atoms with E-state index in [-0.39, 0.29) is 30.6 Å². The van der Waals surface area contributed by atoms with Crippen LogP contribution in [0.3, 0.4) is 0 Å². The van der Waals surface area contributed by atoms with Crippen molar-refractivity contribution >= 4 is 41.3 Å². The van der Waals surface area contributed by atoms with Gasteiger partial charge in [-0.1, -0.05) is 6.07 Å². The molecule has 1 saturated heterocycles. The van der Waals surface area contributed by atoms with E-state index in [1.165, 1.54) is 11.3 Å². The third kappa shape index (κ3) is 9.84. The molecular formula is C19H32F3IN4OS. The van der Waals surface area contributed by atoms with Crippen LogP contribution in [-0.4, -0.2) is 63.5 Å². The topological polar surface area (TPSA) is 48.9 Å². The molecule has 2 unspecified atom stereocenters. The van der Waals surface area contributed by atoms with Crippen molar-refractivity contribution in [3.05, 3.63) is 22.4 Å². The molecule has 1 aliphatic rings. The number of nitrogens with zero attached hydrogens (tertiary/aromatic N) is 2. The van der Waals surface area contributed by atoms with Crippen molar-refractivity contribution in [1.82, 2.24) is 15.5 Å². The smallest absolute Gasteiger partial charge is 0.372 e. The Morgan fingerprint density at radius 2 is 2.17 bits per heavy atom. The molecule has 0 bridgehead atoms. The molecule has 0 spiro atoms. The van der Waals surface area contributed by atoms with E-state index in [2.05, 4.69) is 44.8 Å². The molecular weight excluding hydrogens is 516 g/mol. The van der Waals surface area contributed by atoms with Gasteiger partial charge in [-0.05, 0) is 57.1 Å². The standard InChI is InChI=1S/C19H31F3N4OS.HI/c1-3-23-18(24-9-6-11-27-14-19(20,21)22)25-13-15-7-4-10-26(2)17(15)16-8-5-12-28-16;/h5,8,12,15,17H,3-4,6-7,9-11,13-14H2,1-2H3,(H2,23,24,25);1H. The molecule has 0 amide bonds. The Kier molecular flexibility index (Phi) is 12.5. The molecule has 1 aromatic heterocycles. The van der Waals surface area contributed by atoms with E-state index >= 15 is 0 Å². The number of likely N-dealkylation sites (tertiary alicyclic amines) is 1. The number of nitrogens with one attached hydrogen (secondary N) is 2. The van der Waals surface area contributed by atoms with Gasteiger partial charge in [0.2, 0.25) is 0 Å². The van der Waals surface area contributed by atoms with E-state index in [0.29, 0.717) is 37.4 Å². The van der Waals surface area contributed by atoms with Crippen LogP contribution in [0.1, 0.15) is 37.1 Å². The van der Waals surface area contributed by atoms with Crippen LogP contribution < -0.4 is 10.6 Å². The number of halogens is 4. The number of rotatable bonds is 9. The first-order valence-corrected chi connectivity index (χ1v) is 10.7. The first-order valence-electron chi connectivity index (χ1n) is 9.81. The Morgan fingerprint density at radius 3 is 2.83 bits per heavy atom. The summed E-state index contributed by atoms with van der Waals surface area (Å²) in [6.07, 6.45) is -1.47. The van der Waals surface area contributed by atoms with Crippen LogP contribution in [0.2, 0.25) is 0 Å². The van der Waals surface area contributed by atoms with Gasteiger partial charge >= 0.3 is 6.18 Å². The lowest BCUT2D eigenvalue weighted by atomic mass is 9.88. The fraction of sp³-hybridized carbons (Fsp3) is 0.737. The lowest BCUT2D eigenvalue weighted by Gasteiger charge is -2.38. The van der Waals surface area contributed by atoms with E-state index in [4.69, 9.17) is 4.99 Å². The maximum atomic E-state index is 12.1. The van der Waals surface area contributed by atoms with Gasteiger partial charge in [0, 0.05) is 37.2 Å². The van der Waals surface area contributed by atoms with Crippen molar-refractivity contribution in [2.24, 2.45) is 10.9 Å². The summed E-state index contributed by atoms with van der Waals surface area (Å²) in [5.41, 5.74) is 0. The number of hydrogen-bond acceptors (Lipinski definition) is 4. The van der Waals surface area contributed by atoms with Crippen molar-refractivity contribution in [2.75, 3.05) is 46.4 Å². The highest BCUT2D eigenvalue weighted by atomic mass is 127. The third-order valence-corrected chi connectivity index (χ3v) is 5.64. The molecule has 10 heteroatoms. The van der Waals surface area contributed by atoms with Gasteiger partial charge in [-0.3, -0.25) is 9.89 Å². The maximum Gasteiger partial charge on any atom is 0.411 e. The van der Waals surface area contributed by atoms with Crippen LogP contribution in [-0.2, 0) is 4.74 Å². The second-order valence-corrected chi connectivity index (χ2v) is 7.99. The van der Waals surface area contributed by atoms with Gasteiger partial charge < -0.3 is 15.4 Å². The molecule has 2 N–H and O–H groups in total. The largest absolute Gasteiger partial charge is 0.411 e. The summed E-state index contributed by atoms with van der Waals surface area (Å²) in [4.78, 5) is 8.53. The average molecular weight is 548 g/mol. The zero-order valence-electron chi connectivity index (χ0n) is 17.0. The summed E-state index contributed by atoms with van der Waals surface area (Å²) in [6, 6.07) is 4.67. The first kappa shape index (κ1) is 26.4. The molecule has 29 heavy (non-hydrogen) atoms.